The first-order valence-corrected chi connectivity index (χ1v) is 19.7. The zero-order valence-electron chi connectivity index (χ0n) is 32.3. The molecule has 270 valence electrons. The van der Waals surface area contributed by atoms with Crippen LogP contribution in [0.3, 0.4) is 0 Å². The molecule has 0 saturated heterocycles. The maximum Gasteiger partial charge on any atom is 0.162 e. The molecule has 3 heteroatoms. The van der Waals surface area contributed by atoms with Crippen LogP contribution in [0.2, 0.25) is 0 Å². The number of hydrogen-bond acceptors (Lipinski definition) is 3. The van der Waals surface area contributed by atoms with Crippen LogP contribution in [0.15, 0.2) is 82.7 Å². The van der Waals surface area contributed by atoms with Gasteiger partial charge >= 0.3 is 0 Å². The molecular formula is C46H68O3. The molecule has 1 aromatic rings. The summed E-state index contributed by atoms with van der Waals surface area (Å²) in [6, 6.07) is 8.79. The predicted octanol–water partition coefficient (Wildman–Crippen LogP) is 12.9. The van der Waals surface area contributed by atoms with Crippen molar-refractivity contribution in [2.24, 2.45) is 11.3 Å². The second-order valence-corrected chi connectivity index (χ2v) is 15.9. The molecule has 0 radical (unpaired) electrons. The van der Waals surface area contributed by atoms with E-state index in [0.717, 1.165) is 75.0 Å². The number of rotatable bonds is 20. The molecule has 0 spiro atoms. The number of carbonyl (C=O) groups excluding carboxylic acids is 2. The highest BCUT2D eigenvalue weighted by Crippen LogP contribution is 2.32. The Balaban J connectivity index is 1.34. The van der Waals surface area contributed by atoms with Crippen molar-refractivity contribution in [2.75, 3.05) is 0 Å². The third-order valence-corrected chi connectivity index (χ3v) is 10.4. The topological polar surface area (TPSA) is 43.4 Å². The lowest BCUT2D eigenvalue weighted by Gasteiger charge is -2.25. The first-order valence-electron chi connectivity index (χ1n) is 19.7. The number of ketones is 2. The third-order valence-electron chi connectivity index (χ3n) is 10.4. The Kier molecular flexibility index (Phi) is 17.6. The van der Waals surface area contributed by atoms with Gasteiger partial charge in [0.2, 0.25) is 0 Å². The second-order valence-electron chi connectivity index (χ2n) is 15.9. The van der Waals surface area contributed by atoms with Crippen molar-refractivity contribution >= 4 is 11.6 Å². The van der Waals surface area contributed by atoms with Crippen LogP contribution >= 0.6 is 0 Å². The Morgan fingerprint density at radius 1 is 0.857 bits per heavy atom. The molecular weight excluding hydrogens is 601 g/mol. The molecule has 0 aromatic heterocycles. The maximum atomic E-state index is 13.2. The van der Waals surface area contributed by atoms with Crippen LogP contribution in [0.25, 0.3) is 0 Å². The van der Waals surface area contributed by atoms with E-state index in [4.69, 9.17) is 4.74 Å². The quantitative estimate of drug-likeness (QED) is 0.139. The van der Waals surface area contributed by atoms with E-state index < -0.39 is 0 Å². The number of Topliss-reactive ketones (excluding diaryl/α,β-unsaturated/α-hetero) is 2. The number of hydrogen-bond donors (Lipinski definition) is 0. The van der Waals surface area contributed by atoms with Gasteiger partial charge in [-0.2, -0.15) is 0 Å². The van der Waals surface area contributed by atoms with Crippen LogP contribution in [-0.4, -0.2) is 17.7 Å². The summed E-state index contributed by atoms with van der Waals surface area (Å²) in [5.41, 5.74) is 7.54. The summed E-state index contributed by atoms with van der Waals surface area (Å²) in [6.07, 6.45) is 29.1. The number of carbonyl (C=O) groups is 2. The summed E-state index contributed by atoms with van der Waals surface area (Å²) in [5, 5.41) is 0. The minimum absolute atomic E-state index is 0.0115. The Morgan fingerprint density at radius 3 is 2.14 bits per heavy atom. The van der Waals surface area contributed by atoms with Gasteiger partial charge in [0.25, 0.3) is 0 Å². The van der Waals surface area contributed by atoms with Crippen LogP contribution in [0.5, 0.6) is 0 Å². The molecule has 3 nitrogen and oxygen atoms in total. The van der Waals surface area contributed by atoms with Crippen LogP contribution in [0, 0.1) is 11.3 Å². The lowest BCUT2D eigenvalue weighted by molar-refractivity contribution is -0.119. The lowest BCUT2D eigenvalue weighted by Crippen LogP contribution is -2.16. The molecule has 1 heterocycles. The van der Waals surface area contributed by atoms with E-state index in [1.54, 1.807) is 0 Å². The van der Waals surface area contributed by atoms with Gasteiger partial charge in [-0.1, -0.05) is 120 Å². The van der Waals surface area contributed by atoms with Crippen LogP contribution in [-0.2, 0) is 27.2 Å². The minimum atomic E-state index is -0.0115. The van der Waals surface area contributed by atoms with Gasteiger partial charge in [0.1, 0.15) is 11.5 Å². The van der Waals surface area contributed by atoms with Crippen molar-refractivity contribution in [1.82, 2.24) is 0 Å². The summed E-state index contributed by atoms with van der Waals surface area (Å²) in [6.45, 7) is 15.5. The van der Waals surface area contributed by atoms with Gasteiger partial charge in [0.05, 0.1) is 6.10 Å². The molecule has 2 unspecified atom stereocenters. The molecule has 0 saturated carbocycles. The maximum absolute atomic E-state index is 13.2. The van der Waals surface area contributed by atoms with Gasteiger partial charge in [0.15, 0.2) is 5.78 Å². The summed E-state index contributed by atoms with van der Waals surface area (Å²) >= 11 is 0. The molecule has 1 aliphatic carbocycles. The summed E-state index contributed by atoms with van der Waals surface area (Å²) in [4.78, 5) is 25.8. The summed E-state index contributed by atoms with van der Waals surface area (Å²) < 4.78 is 6.14. The first-order chi connectivity index (χ1) is 23.5. The van der Waals surface area contributed by atoms with Crippen molar-refractivity contribution in [3.8, 4) is 0 Å². The molecule has 49 heavy (non-hydrogen) atoms. The van der Waals surface area contributed by atoms with Crippen LogP contribution in [0.1, 0.15) is 162 Å². The molecule has 1 aromatic carbocycles. The van der Waals surface area contributed by atoms with E-state index in [0.29, 0.717) is 25.0 Å². The predicted molar refractivity (Wildman–Crippen MR) is 209 cm³/mol. The zero-order valence-corrected chi connectivity index (χ0v) is 32.3. The zero-order chi connectivity index (χ0) is 35.6. The van der Waals surface area contributed by atoms with Crippen molar-refractivity contribution in [2.45, 2.75) is 170 Å². The van der Waals surface area contributed by atoms with Gasteiger partial charge in [0, 0.05) is 36.7 Å². The SMILES string of the molecule is CCCC(CC)CCCC1=CC=CC(C(=O)CCCc2ccc(CCCC(=O)CCCC3=CCC(C)OC(C(C)(C)C)=C3)cc2)=C(C)CC1. The van der Waals surface area contributed by atoms with Crippen molar-refractivity contribution in [3.05, 3.63) is 93.8 Å². The van der Waals surface area contributed by atoms with Crippen LogP contribution in [0.4, 0.5) is 0 Å². The lowest BCUT2D eigenvalue weighted by atomic mass is 9.90. The average Bonchev–Trinajstić information content (AvgIpc) is 3.25. The molecule has 2 aliphatic rings. The summed E-state index contributed by atoms with van der Waals surface area (Å²) in [7, 11) is 0. The Bertz CT molecular complexity index is 1340. The highest BCUT2D eigenvalue weighted by Gasteiger charge is 2.23. The Labute approximate surface area is 300 Å². The summed E-state index contributed by atoms with van der Waals surface area (Å²) in [5.74, 6) is 2.56. The van der Waals surface area contributed by atoms with Crippen LogP contribution < -0.4 is 0 Å². The Hall–Kier alpha value is -2.94. The van der Waals surface area contributed by atoms with Gasteiger partial charge in [-0.25, -0.2) is 0 Å². The highest BCUT2D eigenvalue weighted by atomic mass is 16.5. The van der Waals surface area contributed by atoms with Gasteiger partial charge in [-0.3, -0.25) is 9.59 Å². The fourth-order valence-corrected chi connectivity index (χ4v) is 7.08. The van der Waals surface area contributed by atoms with E-state index in [1.165, 1.54) is 66.4 Å². The molecule has 3 rings (SSSR count). The molecule has 2 atom stereocenters. The average molecular weight is 669 g/mol. The fraction of sp³-hybridized carbons (Fsp3) is 0.609. The molecule has 0 fully saturated rings. The highest BCUT2D eigenvalue weighted by molar-refractivity contribution is 5.98. The first kappa shape index (κ1) is 40.5. The minimum Gasteiger partial charge on any atom is -0.494 e. The fourth-order valence-electron chi connectivity index (χ4n) is 7.08. The number of aryl methyl sites for hydroxylation is 2. The van der Waals surface area contributed by atoms with E-state index in [1.807, 2.05) is 0 Å². The molecule has 0 N–H and O–H groups in total. The molecule has 0 amide bonds. The number of ether oxygens (including phenoxy) is 1. The molecule has 0 bridgehead atoms. The van der Waals surface area contributed by atoms with Gasteiger partial charge in [-0.05, 0) is 107 Å². The van der Waals surface area contributed by atoms with Crippen molar-refractivity contribution in [1.29, 1.82) is 0 Å². The standard InChI is InChI=1S/C46H68O3/c1-8-15-37(9-2)16-10-17-38-19-13-24-43(35(3)26-28-38)44(48)25-14-20-40-32-30-39(31-33-40)18-11-22-42(47)23-12-21-41-29-27-36(4)49-45(34-41)46(5,6)7/h13,19,24,29-34,36-37H,8-12,14-18,20-23,25-28H2,1-7H3. The Morgan fingerprint density at radius 2 is 1.51 bits per heavy atom. The number of benzene rings is 1. The number of allylic oxidation sites excluding steroid dienone is 9. The van der Waals surface area contributed by atoms with E-state index in [-0.39, 0.29) is 17.3 Å². The van der Waals surface area contributed by atoms with E-state index >= 15 is 0 Å². The normalized spacial score (nSPS) is 17.7. The largest absolute Gasteiger partial charge is 0.494 e. The van der Waals surface area contributed by atoms with E-state index in [2.05, 4.69) is 103 Å². The van der Waals surface area contributed by atoms with Gasteiger partial charge < -0.3 is 4.74 Å². The smallest absolute Gasteiger partial charge is 0.162 e. The second kappa shape index (κ2) is 21.3. The van der Waals surface area contributed by atoms with Gasteiger partial charge in [-0.15, -0.1) is 0 Å². The van der Waals surface area contributed by atoms with E-state index in [9.17, 15) is 9.59 Å². The third kappa shape index (κ3) is 15.2. The molecule has 1 aliphatic heterocycles. The monoisotopic (exact) mass is 669 g/mol. The van der Waals surface area contributed by atoms with Crippen molar-refractivity contribution < 1.29 is 14.3 Å². The van der Waals surface area contributed by atoms with Crippen molar-refractivity contribution in [3.63, 3.8) is 0 Å².